The average Bonchev–Trinajstić information content (AvgIpc) is 2.48. The van der Waals surface area contributed by atoms with E-state index in [2.05, 4.69) is 10.6 Å². The topological polar surface area (TPSA) is 70.7 Å². The molecule has 0 heterocycles. The van der Waals surface area contributed by atoms with Crippen LogP contribution in [0.1, 0.15) is 13.8 Å². The molecule has 0 aliphatic rings. The van der Waals surface area contributed by atoms with Gasteiger partial charge in [0.15, 0.2) is 0 Å². The van der Waals surface area contributed by atoms with Crippen LogP contribution in [-0.2, 0) is 4.79 Å². The fourth-order valence-corrected chi connectivity index (χ4v) is 1.78. The highest BCUT2D eigenvalue weighted by Gasteiger charge is 2.19. The summed E-state index contributed by atoms with van der Waals surface area (Å²) in [5, 5.41) is 5.46. The number of carbonyl (C=O) groups excluding carboxylic acids is 2. The van der Waals surface area contributed by atoms with Crippen molar-refractivity contribution >= 4 is 23.5 Å². The number of amides is 3. The van der Waals surface area contributed by atoms with Gasteiger partial charge in [-0.25, -0.2) is 4.79 Å². The molecule has 7 heteroatoms. The van der Waals surface area contributed by atoms with Crippen molar-refractivity contribution in [3.63, 3.8) is 0 Å². The molecule has 6 nitrogen and oxygen atoms in total. The number of ether oxygens (including phenoxy) is 1. The number of imide groups is 1. The summed E-state index contributed by atoms with van der Waals surface area (Å²) in [6.45, 7) is 4.96. The van der Waals surface area contributed by atoms with Crippen LogP contribution in [0.4, 0.5) is 4.79 Å². The Morgan fingerprint density at radius 3 is 2.55 bits per heavy atom. The Labute approximate surface area is 135 Å². The summed E-state index contributed by atoms with van der Waals surface area (Å²) in [7, 11) is 1.80. The van der Waals surface area contributed by atoms with Crippen LogP contribution in [-0.4, -0.2) is 49.6 Å². The quantitative estimate of drug-likeness (QED) is 0.802. The van der Waals surface area contributed by atoms with Gasteiger partial charge < -0.3 is 10.1 Å². The lowest BCUT2D eigenvalue weighted by molar-refractivity contribution is -0.124. The first-order valence-corrected chi connectivity index (χ1v) is 7.49. The Balaban J connectivity index is 2.34. The van der Waals surface area contributed by atoms with E-state index in [0.717, 1.165) is 5.75 Å². The van der Waals surface area contributed by atoms with Crippen LogP contribution in [0.3, 0.4) is 0 Å². The molecule has 1 atom stereocenters. The van der Waals surface area contributed by atoms with Gasteiger partial charge in [-0.2, -0.15) is 0 Å². The van der Waals surface area contributed by atoms with E-state index in [0.29, 0.717) is 24.7 Å². The summed E-state index contributed by atoms with van der Waals surface area (Å²) in [5.74, 6) is 0.372. The highest BCUT2D eigenvalue weighted by atomic mass is 35.5. The molecule has 0 aromatic heterocycles. The molecule has 0 aliphatic heterocycles. The van der Waals surface area contributed by atoms with E-state index in [1.807, 2.05) is 4.90 Å². The van der Waals surface area contributed by atoms with Crippen molar-refractivity contribution in [3.8, 4) is 5.75 Å². The number of rotatable bonds is 7. The molecule has 3 amide bonds. The maximum Gasteiger partial charge on any atom is 0.321 e. The molecule has 0 aliphatic carbocycles. The van der Waals surface area contributed by atoms with Gasteiger partial charge in [-0.15, -0.1) is 0 Å². The fraction of sp³-hybridized carbons (Fsp3) is 0.467. The molecule has 1 aromatic rings. The van der Waals surface area contributed by atoms with Gasteiger partial charge in [0.1, 0.15) is 12.4 Å². The first-order valence-electron chi connectivity index (χ1n) is 7.11. The maximum absolute atomic E-state index is 11.9. The van der Waals surface area contributed by atoms with Crippen LogP contribution in [0.25, 0.3) is 0 Å². The van der Waals surface area contributed by atoms with Gasteiger partial charge in [-0.05, 0) is 45.2 Å². The highest BCUT2D eigenvalue weighted by molar-refractivity contribution is 6.30. The second-order valence-corrected chi connectivity index (χ2v) is 5.24. The molecule has 0 bridgehead atoms. The second kappa shape index (κ2) is 9.27. The molecule has 0 radical (unpaired) electrons. The number of nitrogens with zero attached hydrogens (tertiary/aromatic N) is 1. The lowest BCUT2D eigenvalue weighted by Crippen LogP contribution is -2.49. The van der Waals surface area contributed by atoms with Gasteiger partial charge >= 0.3 is 6.03 Å². The zero-order valence-electron chi connectivity index (χ0n) is 13.1. The summed E-state index contributed by atoms with van der Waals surface area (Å²) < 4.78 is 5.57. The Morgan fingerprint density at radius 2 is 1.95 bits per heavy atom. The van der Waals surface area contributed by atoms with Crippen LogP contribution in [0.15, 0.2) is 24.3 Å². The zero-order chi connectivity index (χ0) is 16.5. The monoisotopic (exact) mass is 327 g/mol. The van der Waals surface area contributed by atoms with Gasteiger partial charge in [-0.1, -0.05) is 11.6 Å². The molecule has 1 rings (SSSR count). The summed E-state index contributed by atoms with van der Waals surface area (Å²) in [4.78, 5) is 25.0. The van der Waals surface area contributed by atoms with Crippen molar-refractivity contribution in [3.05, 3.63) is 29.3 Å². The zero-order valence-corrected chi connectivity index (χ0v) is 13.8. The Hall–Kier alpha value is -1.79. The van der Waals surface area contributed by atoms with Crippen LogP contribution in [0, 0.1) is 0 Å². The molecular weight excluding hydrogens is 306 g/mol. The van der Waals surface area contributed by atoms with Crippen LogP contribution >= 0.6 is 11.6 Å². The van der Waals surface area contributed by atoms with Crippen LogP contribution in [0.5, 0.6) is 5.75 Å². The fourth-order valence-electron chi connectivity index (χ4n) is 1.65. The summed E-state index contributed by atoms with van der Waals surface area (Å²) in [6, 6.07) is 6.16. The minimum atomic E-state index is -0.481. The number of hydrogen-bond acceptors (Lipinski definition) is 4. The van der Waals surface area contributed by atoms with Gasteiger partial charge in [0.2, 0.25) is 5.91 Å². The lowest BCUT2D eigenvalue weighted by Gasteiger charge is -2.23. The van der Waals surface area contributed by atoms with Crippen molar-refractivity contribution in [2.75, 3.05) is 26.7 Å². The van der Waals surface area contributed by atoms with E-state index in [4.69, 9.17) is 16.3 Å². The molecule has 22 heavy (non-hydrogen) atoms. The Morgan fingerprint density at radius 1 is 1.32 bits per heavy atom. The first-order chi connectivity index (χ1) is 10.4. The Kier molecular flexibility index (Phi) is 7.70. The second-order valence-electron chi connectivity index (χ2n) is 4.81. The van der Waals surface area contributed by atoms with Crippen molar-refractivity contribution in [1.29, 1.82) is 0 Å². The van der Waals surface area contributed by atoms with Gasteiger partial charge in [-0.3, -0.25) is 15.0 Å². The lowest BCUT2D eigenvalue weighted by atomic mass is 10.3. The number of hydrogen-bond donors (Lipinski definition) is 2. The third-order valence-electron chi connectivity index (χ3n) is 3.14. The number of carbonyl (C=O) groups is 2. The SMILES string of the molecule is CCNC(=O)NC(=O)C(C)N(C)CCOc1ccc(Cl)cc1. The molecule has 1 unspecified atom stereocenters. The molecule has 2 N–H and O–H groups in total. The van der Waals surface area contributed by atoms with E-state index >= 15 is 0 Å². The molecule has 0 saturated carbocycles. The number of benzene rings is 1. The summed E-state index contributed by atoms with van der Waals surface area (Å²) in [5.41, 5.74) is 0. The summed E-state index contributed by atoms with van der Waals surface area (Å²) in [6.07, 6.45) is 0. The van der Waals surface area contributed by atoms with Gasteiger partial charge in [0.05, 0.1) is 6.04 Å². The van der Waals surface area contributed by atoms with E-state index in [9.17, 15) is 9.59 Å². The molecular formula is C15H22ClN3O3. The maximum atomic E-state index is 11.9. The molecule has 122 valence electrons. The van der Waals surface area contributed by atoms with Crippen molar-refractivity contribution in [2.24, 2.45) is 0 Å². The molecule has 0 saturated heterocycles. The van der Waals surface area contributed by atoms with Gasteiger partial charge in [0, 0.05) is 18.1 Å². The summed E-state index contributed by atoms with van der Waals surface area (Å²) >= 11 is 5.80. The van der Waals surface area contributed by atoms with E-state index in [1.165, 1.54) is 0 Å². The molecule has 1 aromatic carbocycles. The Bertz CT molecular complexity index is 493. The van der Waals surface area contributed by atoms with E-state index in [1.54, 1.807) is 45.2 Å². The molecule has 0 fully saturated rings. The van der Waals surface area contributed by atoms with Crippen molar-refractivity contribution in [1.82, 2.24) is 15.5 Å². The van der Waals surface area contributed by atoms with E-state index in [-0.39, 0.29) is 5.91 Å². The third-order valence-corrected chi connectivity index (χ3v) is 3.39. The third kappa shape index (κ3) is 6.32. The number of urea groups is 1. The minimum Gasteiger partial charge on any atom is -0.492 e. The molecule has 0 spiro atoms. The van der Waals surface area contributed by atoms with Gasteiger partial charge in [0.25, 0.3) is 0 Å². The van der Waals surface area contributed by atoms with Crippen LogP contribution < -0.4 is 15.4 Å². The predicted molar refractivity (Wildman–Crippen MR) is 86.3 cm³/mol. The van der Waals surface area contributed by atoms with Crippen molar-refractivity contribution < 1.29 is 14.3 Å². The smallest absolute Gasteiger partial charge is 0.321 e. The predicted octanol–water partition coefficient (Wildman–Crippen LogP) is 1.88. The highest BCUT2D eigenvalue weighted by Crippen LogP contribution is 2.15. The minimum absolute atomic E-state index is 0.347. The standard InChI is InChI=1S/C15H22ClN3O3/c1-4-17-15(21)18-14(20)11(2)19(3)9-10-22-13-7-5-12(16)6-8-13/h5-8,11H,4,9-10H2,1-3H3,(H2,17,18,20,21). The van der Waals surface area contributed by atoms with Crippen molar-refractivity contribution in [2.45, 2.75) is 19.9 Å². The van der Waals surface area contributed by atoms with E-state index < -0.39 is 12.1 Å². The first kappa shape index (κ1) is 18.3. The average molecular weight is 328 g/mol. The largest absolute Gasteiger partial charge is 0.492 e. The number of nitrogens with one attached hydrogen (secondary N) is 2. The number of likely N-dealkylation sites (N-methyl/N-ethyl adjacent to an activating group) is 1. The normalized spacial score (nSPS) is 11.9. The number of halogens is 1. The van der Waals surface area contributed by atoms with Crippen LogP contribution in [0.2, 0.25) is 5.02 Å².